The van der Waals surface area contributed by atoms with Gasteiger partial charge in [-0.2, -0.15) is 0 Å². The molecular weight excluding hydrogens is 330 g/mol. The van der Waals surface area contributed by atoms with Crippen molar-refractivity contribution in [2.75, 3.05) is 31.1 Å². The lowest BCUT2D eigenvalue weighted by molar-refractivity contribution is -0.0881. The summed E-state index contributed by atoms with van der Waals surface area (Å²) >= 11 is 3.22. The maximum absolute atomic E-state index is 12.5. The van der Waals surface area contributed by atoms with Crippen molar-refractivity contribution in [1.82, 2.24) is 9.88 Å². The van der Waals surface area contributed by atoms with Crippen LogP contribution in [0.5, 0.6) is 0 Å². The lowest BCUT2D eigenvalue weighted by Gasteiger charge is -2.49. The molecule has 7 heteroatoms. The summed E-state index contributed by atoms with van der Waals surface area (Å²) < 4.78 is 5.93. The molecule has 1 unspecified atom stereocenters. The van der Waals surface area contributed by atoms with E-state index in [0.717, 1.165) is 47.9 Å². The van der Waals surface area contributed by atoms with Gasteiger partial charge < -0.3 is 4.74 Å². The molecule has 1 spiro atoms. The third-order valence-corrected chi connectivity index (χ3v) is 7.10. The molecule has 0 saturated carbocycles. The van der Waals surface area contributed by atoms with E-state index in [9.17, 15) is 4.79 Å². The van der Waals surface area contributed by atoms with Gasteiger partial charge in [-0.15, -0.1) is 22.7 Å². The van der Waals surface area contributed by atoms with Gasteiger partial charge in [0.2, 0.25) is 0 Å². The van der Waals surface area contributed by atoms with Gasteiger partial charge in [0.15, 0.2) is 0 Å². The van der Waals surface area contributed by atoms with Crippen LogP contribution < -0.4 is 4.90 Å². The Morgan fingerprint density at radius 3 is 2.83 bits per heavy atom. The minimum atomic E-state index is -0.289. The Morgan fingerprint density at radius 2 is 2.13 bits per heavy atom. The Kier molecular flexibility index (Phi) is 3.05. The predicted molar refractivity (Wildman–Crippen MR) is 91.1 cm³/mol. The molecule has 0 radical (unpaired) electrons. The van der Waals surface area contributed by atoms with Crippen molar-refractivity contribution in [2.45, 2.75) is 18.4 Å². The van der Waals surface area contributed by atoms with Crippen LogP contribution in [0.15, 0.2) is 23.2 Å². The highest BCUT2D eigenvalue weighted by molar-refractivity contribution is 7.16. The van der Waals surface area contributed by atoms with Crippen LogP contribution in [-0.2, 0) is 4.74 Å². The molecule has 2 aromatic heterocycles. The molecular formula is C16H17N3O2S2. The van der Waals surface area contributed by atoms with Crippen LogP contribution in [0.4, 0.5) is 9.80 Å². The van der Waals surface area contributed by atoms with E-state index >= 15 is 0 Å². The normalized spacial score (nSPS) is 32.7. The van der Waals surface area contributed by atoms with E-state index in [0.29, 0.717) is 12.5 Å². The molecule has 0 aromatic carbocycles. The number of piperidine rings is 3. The Labute approximate surface area is 142 Å². The SMILES string of the molecule is O=C1OC2(CN3CCC2CC3)CN1c1cc(-c2cncs2)cs1. The second-order valence-corrected chi connectivity index (χ2v) is 8.38. The van der Waals surface area contributed by atoms with Crippen LogP contribution in [0.1, 0.15) is 12.8 Å². The number of carbonyl (C=O) groups excluding carboxylic acids is 1. The number of thiazole rings is 1. The molecule has 2 aromatic rings. The summed E-state index contributed by atoms with van der Waals surface area (Å²) in [5, 5.41) is 3.07. The van der Waals surface area contributed by atoms with Gasteiger partial charge >= 0.3 is 6.09 Å². The Balaban J connectivity index is 1.43. The van der Waals surface area contributed by atoms with Crippen molar-refractivity contribution in [1.29, 1.82) is 0 Å². The van der Waals surface area contributed by atoms with E-state index in [2.05, 4.69) is 21.3 Å². The van der Waals surface area contributed by atoms with Gasteiger partial charge in [0, 0.05) is 29.6 Å². The van der Waals surface area contributed by atoms with Gasteiger partial charge in [-0.1, -0.05) is 0 Å². The fourth-order valence-corrected chi connectivity index (χ4v) is 5.72. The molecule has 0 aliphatic carbocycles. The smallest absolute Gasteiger partial charge is 0.415 e. The standard InChI is InChI=1S/C16H17N3O2S2/c20-15-19(14-5-11(7-22-14)13-6-17-10-23-13)9-16(21-15)8-18-3-1-12(16)2-4-18/h5-7,10,12H,1-4,8-9H2. The molecule has 4 aliphatic heterocycles. The number of anilines is 1. The van der Waals surface area contributed by atoms with Gasteiger partial charge in [0.05, 0.1) is 16.9 Å². The second-order valence-electron chi connectivity index (χ2n) is 6.61. The maximum atomic E-state index is 12.5. The van der Waals surface area contributed by atoms with Crippen LogP contribution in [-0.4, -0.2) is 47.8 Å². The van der Waals surface area contributed by atoms with E-state index in [1.807, 2.05) is 16.6 Å². The van der Waals surface area contributed by atoms with E-state index in [1.54, 1.807) is 22.7 Å². The molecule has 0 N–H and O–H groups in total. The number of hydrogen-bond acceptors (Lipinski definition) is 6. The number of thiophene rings is 1. The zero-order valence-corrected chi connectivity index (χ0v) is 14.2. The number of nitrogens with zero attached hydrogens (tertiary/aromatic N) is 3. The molecule has 4 aliphatic rings. The summed E-state index contributed by atoms with van der Waals surface area (Å²) in [7, 11) is 0. The Hall–Kier alpha value is -1.44. The zero-order valence-electron chi connectivity index (χ0n) is 12.6. The highest BCUT2D eigenvalue weighted by Gasteiger charge is 2.55. The molecule has 2 bridgehead atoms. The topological polar surface area (TPSA) is 45.7 Å². The van der Waals surface area contributed by atoms with Crippen LogP contribution >= 0.6 is 22.7 Å². The van der Waals surface area contributed by atoms with Crippen molar-refractivity contribution in [3.63, 3.8) is 0 Å². The van der Waals surface area contributed by atoms with Gasteiger partial charge in [-0.05, 0) is 32.0 Å². The molecule has 5 nitrogen and oxygen atoms in total. The molecule has 6 heterocycles. The highest BCUT2D eigenvalue weighted by atomic mass is 32.1. The minimum absolute atomic E-state index is 0.184. The molecule has 1 amide bonds. The van der Waals surface area contributed by atoms with Gasteiger partial charge in [-0.3, -0.25) is 14.8 Å². The fraction of sp³-hybridized carbons (Fsp3) is 0.500. The number of ether oxygens (including phenoxy) is 1. The average Bonchev–Trinajstić information content (AvgIpc) is 3.28. The maximum Gasteiger partial charge on any atom is 0.415 e. The second kappa shape index (κ2) is 5.03. The van der Waals surface area contributed by atoms with Crippen LogP contribution in [0.25, 0.3) is 10.4 Å². The lowest BCUT2D eigenvalue weighted by Crippen LogP contribution is -2.61. The van der Waals surface area contributed by atoms with Crippen molar-refractivity contribution in [3.8, 4) is 10.4 Å². The Morgan fingerprint density at radius 1 is 1.26 bits per heavy atom. The predicted octanol–water partition coefficient (Wildman–Crippen LogP) is 3.29. The number of aromatic nitrogens is 1. The molecule has 23 heavy (non-hydrogen) atoms. The fourth-order valence-electron chi connectivity index (χ4n) is 4.13. The van der Waals surface area contributed by atoms with Gasteiger partial charge in [-0.25, -0.2) is 4.79 Å². The molecule has 120 valence electrons. The third kappa shape index (κ3) is 2.14. The van der Waals surface area contributed by atoms with E-state index in [1.165, 1.54) is 0 Å². The summed E-state index contributed by atoms with van der Waals surface area (Å²) in [6, 6.07) is 2.08. The van der Waals surface area contributed by atoms with Crippen molar-refractivity contribution >= 4 is 33.8 Å². The van der Waals surface area contributed by atoms with Crippen molar-refractivity contribution < 1.29 is 9.53 Å². The first kappa shape index (κ1) is 13.9. The number of hydrogen-bond donors (Lipinski definition) is 0. The molecule has 1 atom stereocenters. The van der Waals surface area contributed by atoms with Crippen LogP contribution in [0, 0.1) is 5.92 Å². The average molecular weight is 347 g/mol. The van der Waals surface area contributed by atoms with E-state index < -0.39 is 0 Å². The third-order valence-electron chi connectivity index (χ3n) is 5.33. The lowest BCUT2D eigenvalue weighted by atomic mass is 9.75. The summed E-state index contributed by atoms with van der Waals surface area (Å²) in [5.74, 6) is 0.516. The zero-order chi connectivity index (χ0) is 15.4. The van der Waals surface area contributed by atoms with E-state index in [-0.39, 0.29) is 11.7 Å². The first-order valence-corrected chi connectivity index (χ1v) is 9.70. The van der Waals surface area contributed by atoms with Crippen LogP contribution in [0.3, 0.4) is 0 Å². The number of amides is 1. The van der Waals surface area contributed by atoms with Crippen molar-refractivity contribution in [2.24, 2.45) is 5.92 Å². The molecule has 4 fully saturated rings. The number of rotatable bonds is 2. The first-order valence-electron chi connectivity index (χ1n) is 7.94. The quantitative estimate of drug-likeness (QED) is 0.836. The highest BCUT2D eigenvalue weighted by Crippen LogP contribution is 2.44. The first-order chi connectivity index (χ1) is 11.2. The van der Waals surface area contributed by atoms with Crippen molar-refractivity contribution in [3.05, 3.63) is 23.2 Å². The largest absolute Gasteiger partial charge is 0.439 e. The molecule has 4 saturated heterocycles. The van der Waals surface area contributed by atoms with Gasteiger partial charge in [0.1, 0.15) is 10.6 Å². The number of carbonyl (C=O) groups is 1. The Bertz CT molecular complexity index is 736. The monoisotopic (exact) mass is 347 g/mol. The van der Waals surface area contributed by atoms with Gasteiger partial charge in [0.25, 0.3) is 0 Å². The van der Waals surface area contributed by atoms with Crippen LogP contribution in [0.2, 0.25) is 0 Å². The summed E-state index contributed by atoms with van der Waals surface area (Å²) in [5.41, 5.74) is 2.68. The van der Waals surface area contributed by atoms with E-state index in [4.69, 9.17) is 4.74 Å². The summed E-state index contributed by atoms with van der Waals surface area (Å²) in [6.45, 7) is 3.89. The number of fused-ring (bicyclic) bond motifs is 2. The molecule has 6 rings (SSSR count). The summed E-state index contributed by atoms with van der Waals surface area (Å²) in [4.78, 5) is 22.0. The minimum Gasteiger partial charge on any atom is -0.439 e. The summed E-state index contributed by atoms with van der Waals surface area (Å²) in [6.07, 6.45) is 3.99.